The first-order valence-electron chi connectivity index (χ1n) is 9.46. The van der Waals surface area contributed by atoms with E-state index in [1.807, 2.05) is 10.8 Å². The van der Waals surface area contributed by atoms with Crippen LogP contribution in [-0.4, -0.2) is 42.8 Å². The van der Waals surface area contributed by atoms with E-state index in [4.69, 9.17) is 11.6 Å². The number of aromatic nitrogens is 3. The number of hydrogen-bond donors (Lipinski definition) is 1. The Hall–Kier alpha value is -3.45. The van der Waals surface area contributed by atoms with Gasteiger partial charge in [0, 0.05) is 48.5 Å². The van der Waals surface area contributed by atoms with Crippen LogP contribution in [0.25, 0.3) is 5.76 Å². The molecule has 1 atom stereocenters. The van der Waals surface area contributed by atoms with Crippen LogP contribution < -0.4 is 0 Å². The molecule has 0 saturated carbocycles. The van der Waals surface area contributed by atoms with Crippen LogP contribution in [-0.2, 0) is 16.1 Å². The lowest BCUT2D eigenvalue weighted by atomic mass is 9.96. The van der Waals surface area contributed by atoms with Crippen LogP contribution in [0, 0.1) is 0 Å². The summed E-state index contributed by atoms with van der Waals surface area (Å²) in [6.07, 6.45) is 9.07. The number of aliphatic hydroxyl groups is 1. The molecule has 2 aromatic heterocycles. The van der Waals surface area contributed by atoms with Crippen LogP contribution in [0.2, 0.25) is 5.02 Å². The summed E-state index contributed by atoms with van der Waals surface area (Å²) in [6.45, 7) is 1.01. The van der Waals surface area contributed by atoms with Gasteiger partial charge in [-0.2, -0.15) is 0 Å². The van der Waals surface area contributed by atoms with E-state index < -0.39 is 17.7 Å². The predicted octanol–water partition coefficient (Wildman–Crippen LogP) is 3.44. The van der Waals surface area contributed by atoms with Gasteiger partial charge in [0.2, 0.25) is 0 Å². The van der Waals surface area contributed by atoms with Gasteiger partial charge in [-0.05, 0) is 48.4 Å². The van der Waals surface area contributed by atoms with Gasteiger partial charge in [0.1, 0.15) is 5.76 Å². The highest BCUT2D eigenvalue weighted by Gasteiger charge is 2.45. The number of ketones is 1. The minimum absolute atomic E-state index is 0.0659. The Morgan fingerprint density at radius 1 is 1.00 bits per heavy atom. The maximum atomic E-state index is 12.9. The molecule has 1 aliphatic heterocycles. The third-order valence-corrected chi connectivity index (χ3v) is 5.31. The van der Waals surface area contributed by atoms with Gasteiger partial charge in [-0.15, -0.1) is 0 Å². The van der Waals surface area contributed by atoms with E-state index in [-0.39, 0.29) is 11.3 Å². The number of aryl methyl sites for hydroxylation is 1. The molecule has 0 aliphatic carbocycles. The zero-order valence-corrected chi connectivity index (χ0v) is 16.7. The second kappa shape index (κ2) is 8.51. The molecular formula is C22H19ClN4O3. The number of pyridine rings is 1. The third kappa shape index (κ3) is 3.84. The predicted molar refractivity (Wildman–Crippen MR) is 112 cm³/mol. The van der Waals surface area contributed by atoms with E-state index in [0.717, 1.165) is 0 Å². The third-order valence-electron chi connectivity index (χ3n) is 5.05. The maximum Gasteiger partial charge on any atom is 0.295 e. The number of halogens is 1. The van der Waals surface area contributed by atoms with Gasteiger partial charge in [-0.1, -0.05) is 11.6 Å². The monoisotopic (exact) mass is 422 g/mol. The van der Waals surface area contributed by atoms with Crippen LogP contribution in [0.5, 0.6) is 0 Å². The summed E-state index contributed by atoms with van der Waals surface area (Å²) in [5, 5.41) is 11.4. The largest absolute Gasteiger partial charge is 0.507 e. The Kier molecular flexibility index (Phi) is 5.63. The first-order valence-corrected chi connectivity index (χ1v) is 9.84. The molecule has 8 heteroatoms. The van der Waals surface area contributed by atoms with Crippen LogP contribution in [0.15, 0.2) is 73.1 Å². The second-order valence-corrected chi connectivity index (χ2v) is 7.37. The molecule has 1 amide bonds. The number of carbonyl (C=O) groups excluding carboxylic acids is 2. The van der Waals surface area contributed by atoms with E-state index >= 15 is 0 Å². The minimum Gasteiger partial charge on any atom is -0.507 e. The molecule has 1 aliphatic rings. The van der Waals surface area contributed by atoms with E-state index in [1.165, 1.54) is 4.90 Å². The lowest BCUT2D eigenvalue weighted by Gasteiger charge is -2.25. The fourth-order valence-electron chi connectivity index (χ4n) is 3.61. The van der Waals surface area contributed by atoms with Crippen molar-refractivity contribution in [2.75, 3.05) is 6.54 Å². The summed E-state index contributed by atoms with van der Waals surface area (Å²) in [5.41, 5.74) is 1.20. The fraction of sp³-hybridized carbons (Fsp3) is 0.182. The molecule has 3 heterocycles. The van der Waals surface area contributed by atoms with E-state index in [0.29, 0.717) is 35.7 Å². The molecule has 152 valence electrons. The summed E-state index contributed by atoms with van der Waals surface area (Å²) in [6, 6.07) is 9.29. The van der Waals surface area contributed by atoms with Gasteiger partial charge in [-0.3, -0.25) is 14.6 Å². The highest BCUT2D eigenvalue weighted by molar-refractivity contribution is 6.46. The van der Waals surface area contributed by atoms with Crippen molar-refractivity contribution in [1.82, 2.24) is 19.4 Å². The van der Waals surface area contributed by atoms with Crippen molar-refractivity contribution in [3.8, 4) is 0 Å². The number of aliphatic hydroxyl groups excluding tert-OH is 1. The lowest BCUT2D eigenvalue weighted by molar-refractivity contribution is -0.139. The first-order chi connectivity index (χ1) is 14.6. The molecule has 0 spiro atoms. The lowest BCUT2D eigenvalue weighted by Crippen LogP contribution is -2.31. The molecule has 0 bridgehead atoms. The summed E-state index contributed by atoms with van der Waals surface area (Å²) >= 11 is 5.93. The number of benzene rings is 1. The van der Waals surface area contributed by atoms with Crippen LogP contribution in [0.4, 0.5) is 0 Å². The molecule has 0 unspecified atom stereocenters. The molecule has 1 aromatic carbocycles. The highest BCUT2D eigenvalue weighted by Crippen LogP contribution is 2.39. The van der Waals surface area contributed by atoms with Crippen molar-refractivity contribution in [3.05, 3.63) is 89.2 Å². The Labute approximate surface area is 178 Å². The van der Waals surface area contributed by atoms with Crippen LogP contribution >= 0.6 is 11.6 Å². The van der Waals surface area contributed by atoms with Crippen molar-refractivity contribution < 1.29 is 14.7 Å². The molecule has 0 radical (unpaired) electrons. The zero-order valence-electron chi connectivity index (χ0n) is 16.0. The van der Waals surface area contributed by atoms with Crippen LogP contribution in [0.1, 0.15) is 23.6 Å². The quantitative estimate of drug-likeness (QED) is 0.373. The van der Waals surface area contributed by atoms with E-state index in [1.54, 1.807) is 61.3 Å². The number of amides is 1. The topological polar surface area (TPSA) is 88.3 Å². The number of rotatable bonds is 6. The summed E-state index contributed by atoms with van der Waals surface area (Å²) in [5.74, 6) is -1.55. The minimum atomic E-state index is -0.702. The molecule has 7 nitrogen and oxygen atoms in total. The SMILES string of the molecule is O=C1C(=O)N(CCCn2ccnc2)[C@@H](c2ccncc2)C1=C(O)c1ccc(Cl)cc1. The fourth-order valence-corrected chi connectivity index (χ4v) is 3.73. The van der Waals surface area contributed by atoms with Gasteiger partial charge in [-0.25, -0.2) is 4.98 Å². The van der Waals surface area contributed by atoms with Gasteiger partial charge in [0.25, 0.3) is 11.7 Å². The molecule has 4 rings (SSSR count). The van der Waals surface area contributed by atoms with Gasteiger partial charge < -0.3 is 14.6 Å². The Morgan fingerprint density at radius 3 is 2.40 bits per heavy atom. The number of nitrogens with zero attached hydrogens (tertiary/aromatic N) is 4. The maximum absolute atomic E-state index is 12.9. The Morgan fingerprint density at radius 2 is 1.73 bits per heavy atom. The number of imidazole rings is 1. The van der Waals surface area contributed by atoms with Crippen molar-refractivity contribution in [3.63, 3.8) is 0 Å². The second-order valence-electron chi connectivity index (χ2n) is 6.93. The average Bonchev–Trinajstić information content (AvgIpc) is 3.37. The average molecular weight is 423 g/mol. The summed E-state index contributed by atoms with van der Waals surface area (Å²) in [7, 11) is 0. The first kappa shape index (κ1) is 19.8. The van der Waals surface area contributed by atoms with E-state index in [9.17, 15) is 14.7 Å². The molecule has 1 saturated heterocycles. The van der Waals surface area contributed by atoms with E-state index in [2.05, 4.69) is 9.97 Å². The molecule has 1 fully saturated rings. The van der Waals surface area contributed by atoms with Crippen LogP contribution in [0.3, 0.4) is 0 Å². The Balaban J connectivity index is 1.71. The summed E-state index contributed by atoms with van der Waals surface area (Å²) in [4.78, 5) is 35.3. The number of carbonyl (C=O) groups is 2. The van der Waals surface area contributed by atoms with Crippen molar-refractivity contribution in [2.45, 2.75) is 19.0 Å². The molecule has 1 N–H and O–H groups in total. The van der Waals surface area contributed by atoms with Crippen molar-refractivity contribution in [1.29, 1.82) is 0 Å². The number of likely N-dealkylation sites (tertiary alicyclic amines) is 1. The number of Topliss-reactive ketones (excluding diaryl/α,β-unsaturated/α-hetero) is 1. The normalized spacial score (nSPS) is 18.2. The van der Waals surface area contributed by atoms with Crippen molar-refractivity contribution >= 4 is 29.1 Å². The molecule has 3 aromatic rings. The summed E-state index contributed by atoms with van der Waals surface area (Å²) < 4.78 is 1.91. The number of hydrogen-bond acceptors (Lipinski definition) is 5. The van der Waals surface area contributed by atoms with Gasteiger partial charge >= 0.3 is 0 Å². The molecular weight excluding hydrogens is 404 g/mol. The standard InChI is InChI=1S/C22H19ClN4O3/c23-17-4-2-16(3-5-17)20(28)18-19(15-6-8-24-9-7-15)27(22(30)21(18)29)12-1-11-26-13-10-25-14-26/h2-10,13-14,19,28H,1,11-12H2/t19-/m0/s1. The van der Waals surface area contributed by atoms with Gasteiger partial charge in [0.15, 0.2) is 0 Å². The molecule has 30 heavy (non-hydrogen) atoms. The Bertz CT molecular complexity index is 1080. The van der Waals surface area contributed by atoms with Gasteiger partial charge in [0.05, 0.1) is 17.9 Å². The van der Waals surface area contributed by atoms with Crippen molar-refractivity contribution in [2.24, 2.45) is 0 Å². The smallest absolute Gasteiger partial charge is 0.295 e. The zero-order chi connectivity index (χ0) is 21.1. The highest BCUT2D eigenvalue weighted by atomic mass is 35.5.